The minimum atomic E-state index is -0.714. The maximum atomic E-state index is 14.0. The zero-order valence-corrected chi connectivity index (χ0v) is 22.4. The lowest BCUT2D eigenvalue weighted by Crippen LogP contribution is -2.59. The Morgan fingerprint density at radius 1 is 1.31 bits per heavy atom. The molecule has 3 aliphatic heterocycles. The second-order valence-corrected chi connectivity index (χ2v) is 13.6. The van der Waals surface area contributed by atoms with Gasteiger partial charge in [-0.2, -0.15) is 0 Å². The highest BCUT2D eigenvalue weighted by Crippen LogP contribution is 2.68. The lowest BCUT2D eigenvalue weighted by Gasteiger charge is -2.39. The van der Waals surface area contributed by atoms with E-state index in [0.29, 0.717) is 19.4 Å². The summed E-state index contributed by atoms with van der Waals surface area (Å²) >= 11 is 5.40. The van der Waals surface area contributed by atoms with Crippen LogP contribution in [0, 0.1) is 17.8 Å². The van der Waals surface area contributed by atoms with Gasteiger partial charge in [-0.3, -0.25) is 14.4 Å². The molecule has 0 aliphatic carbocycles. The van der Waals surface area contributed by atoms with Gasteiger partial charge in [-0.15, -0.1) is 11.8 Å². The standard InChI is InChI=1S/C23H38BrN3O4S/c1-7-8-25-19(29)15-16-21(31)27(13(11-28)9-12(2)3)18(20(30)26-22(4,5)6)23(16)10-14(24)17(15)32-23/h12-18,28H,7-11H2,1-6H3,(H,25,29)(H,26,30)/t13-,14?,15+,16+,17+,18?,23?/m1/s1. The number of hydrogen-bond acceptors (Lipinski definition) is 5. The molecule has 3 N–H and O–H groups in total. The van der Waals surface area contributed by atoms with Crippen molar-refractivity contribution in [3.8, 4) is 0 Å². The Kier molecular flexibility index (Phi) is 7.62. The van der Waals surface area contributed by atoms with Crippen LogP contribution >= 0.6 is 27.7 Å². The van der Waals surface area contributed by atoms with Crippen molar-refractivity contribution in [3.63, 3.8) is 0 Å². The summed E-state index contributed by atoms with van der Waals surface area (Å²) in [4.78, 5) is 42.5. The monoisotopic (exact) mass is 531 g/mol. The van der Waals surface area contributed by atoms with Crippen LogP contribution in [-0.2, 0) is 14.4 Å². The predicted octanol–water partition coefficient (Wildman–Crippen LogP) is 2.30. The van der Waals surface area contributed by atoms with E-state index in [1.54, 1.807) is 16.7 Å². The molecule has 1 spiro atoms. The molecular formula is C23H38BrN3O4S. The Labute approximate surface area is 204 Å². The minimum Gasteiger partial charge on any atom is -0.394 e. The van der Waals surface area contributed by atoms with Gasteiger partial charge in [0.25, 0.3) is 0 Å². The first-order valence-corrected chi connectivity index (χ1v) is 13.5. The number of nitrogens with one attached hydrogen (secondary N) is 2. The normalized spacial score (nSPS) is 34.7. The highest BCUT2D eigenvalue weighted by atomic mass is 79.9. The molecule has 3 aliphatic rings. The van der Waals surface area contributed by atoms with Crippen molar-refractivity contribution in [2.24, 2.45) is 17.8 Å². The number of fused-ring (bicyclic) bond motifs is 1. The molecule has 0 aromatic rings. The highest BCUT2D eigenvalue weighted by molar-refractivity contribution is 9.09. The van der Waals surface area contributed by atoms with Gasteiger partial charge in [0, 0.05) is 22.2 Å². The van der Waals surface area contributed by atoms with E-state index in [4.69, 9.17) is 0 Å². The van der Waals surface area contributed by atoms with Crippen LogP contribution in [-0.4, -0.2) is 73.3 Å². The maximum Gasteiger partial charge on any atom is 0.244 e. The molecule has 0 radical (unpaired) electrons. The molecule has 3 heterocycles. The second kappa shape index (κ2) is 9.45. The summed E-state index contributed by atoms with van der Waals surface area (Å²) in [7, 11) is 0. The number of rotatable bonds is 8. The number of carbonyl (C=O) groups excluding carboxylic acids is 3. The Hall–Kier alpha value is -0.800. The molecular weight excluding hydrogens is 494 g/mol. The Balaban J connectivity index is 2.07. The first-order chi connectivity index (χ1) is 14.9. The third kappa shape index (κ3) is 4.45. The minimum absolute atomic E-state index is 0.0504. The molecule has 32 heavy (non-hydrogen) atoms. The quantitative estimate of drug-likeness (QED) is 0.417. The molecule has 182 valence electrons. The van der Waals surface area contributed by atoms with Crippen LogP contribution in [0.2, 0.25) is 0 Å². The number of alkyl halides is 1. The van der Waals surface area contributed by atoms with Gasteiger partial charge in [0.1, 0.15) is 6.04 Å². The summed E-state index contributed by atoms with van der Waals surface area (Å²) in [5, 5.41) is 16.3. The number of amides is 3. The molecule has 2 bridgehead atoms. The van der Waals surface area contributed by atoms with E-state index in [1.165, 1.54) is 0 Å². The molecule has 3 saturated heterocycles. The topological polar surface area (TPSA) is 98.7 Å². The van der Waals surface area contributed by atoms with Crippen LogP contribution in [0.4, 0.5) is 0 Å². The van der Waals surface area contributed by atoms with Crippen molar-refractivity contribution in [3.05, 3.63) is 0 Å². The van der Waals surface area contributed by atoms with Crippen LogP contribution < -0.4 is 10.6 Å². The van der Waals surface area contributed by atoms with Crippen molar-refractivity contribution in [1.82, 2.24) is 15.5 Å². The SMILES string of the molecule is CCCNC(=O)[C@H]1[C@H]2C(=O)N([C@@H](CO)CC(C)C)C(C(=O)NC(C)(C)C)C23CC(Br)[C@@H]1S3. The van der Waals surface area contributed by atoms with E-state index in [0.717, 1.165) is 6.42 Å². The summed E-state index contributed by atoms with van der Waals surface area (Å²) in [6.45, 7) is 12.2. The van der Waals surface area contributed by atoms with E-state index >= 15 is 0 Å². The molecule has 7 atom stereocenters. The molecule has 0 saturated carbocycles. The van der Waals surface area contributed by atoms with Crippen LogP contribution in [0.15, 0.2) is 0 Å². The fourth-order valence-electron chi connectivity index (χ4n) is 5.68. The van der Waals surface area contributed by atoms with Gasteiger partial charge in [0.05, 0.1) is 29.2 Å². The van der Waals surface area contributed by atoms with Gasteiger partial charge in [-0.25, -0.2) is 0 Å². The lowest BCUT2D eigenvalue weighted by molar-refractivity contribution is -0.143. The van der Waals surface area contributed by atoms with Crippen LogP contribution in [0.3, 0.4) is 0 Å². The van der Waals surface area contributed by atoms with Crippen molar-refractivity contribution >= 4 is 45.4 Å². The third-order valence-electron chi connectivity index (χ3n) is 6.67. The highest BCUT2D eigenvalue weighted by Gasteiger charge is 2.76. The van der Waals surface area contributed by atoms with Crippen LogP contribution in [0.1, 0.15) is 60.8 Å². The fourth-order valence-corrected chi connectivity index (χ4v) is 9.28. The second-order valence-electron chi connectivity index (χ2n) is 10.9. The third-order valence-corrected chi connectivity index (χ3v) is 9.89. The van der Waals surface area contributed by atoms with E-state index in [9.17, 15) is 19.5 Å². The number of likely N-dealkylation sites (tertiary alicyclic amines) is 1. The number of halogens is 1. The number of aliphatic hydroxyl groups is 1. The molecule has 3 amide bonds. The predicted molar refractivity (Wildman–Crippen MR) is 131 cm³/mol. The number of carbonyl (C=O) groups is 3. The largest absolute Gasteiger partial charge is 0.394 e. The number of nitrogens with zero attached hydrogens (tertiary/aromatic N) is 1. The fraction of sp³-hybridized carbons (Fsp3) is 0.870. The number of thioether (sulfide) groups is 1. The molecule has 3 rings (SSSR count). The zero-order chi connectivity index (χ0) is 24.0. The van der Waals surface area contributed by atoms with Gasteiger partial charge in [0.2, 0.25) is 17.7 Å². The Morgan fingerprint density at radius 2 is 1.97 bits per heavy atom. The first kappa shape index (κ1) is 25.8. The first-order valence-electron chi connectivity index (χ1n) is 11.7. The summed E-state index contributed by atoms with van der Waals surface area (Å²) < 4.78 is -0.677. The number of aliphatic hydroxyl groups excluding tert-OH is 1. The summed E-state index contributed by atoms with van der Waals surface area (Å²) in [6.07, 6.45) is 2.07. The Morgan fingerprint density at radius 3 is 2.50 bits per heavy atom. The van der Waals surface area contributed by atoms with Gasteiger partial charge in [-0.05, 0) is 46.0 Å². The zero-order valence-electron chi connectivity index (χ0n) is 20.0. The van der Waals surface area contributed by atoms with Crippen molar-refractivity contribution < 1.29 is 19.5 Å². The van der Waals surface area contributed by atoms with E-state index < -0.39 is 34.2 Å². The molecule has 9 heteroatoms. The Bertz CT molecular complexity index is 758. The van der Waals surface area contributed by atoms with Gasteiger partial charge in [0.15, 0.2) is 0 Å². The van der Waals surface area contributed by atoms with E-state index in [-0.39, 0.29) is 40.3 Å². The van der Waals surface area contributed by atoms with Crippen molar-refractivity contribution in [2.45, 2.75) is 93.3 Å². The number of hydrogen-bond donors (Lipinski definition) is 3. The lowest BCUT2D eigenvalue weighted by atomic mass is 9.70. The molecule has 3 fully saturated rings. The maximum absolute atomic E-state index is 14.0. The molecule has 0 aromatic carbocycles. The average molecular weight is 533 g/mol. The molecule has 3 unspecified atom stereocenters. The van der Waals surface area contributed by atoms with Gasteiger partial charge >= 0.3 is 0 Å². The van der Waals surface area contributed by atoms with Gasteiger partial charge < -0.3 is 20.6 Å². The summed E-state index contributed by atoms with van der Waals surface area (Å²) in [6, 6.07) is -1.17. The van der Waals surface area contributed by atoms with Crippen LogP contribution in [0.25, 0.3) is 0 Å². The van der Waals surface area contributed by atoms with Crippen LogP contribution in [0.5, 0.6) is 0 Å². The summed E-state index contributed by atoms with van der Waals surface area (Å²) in [5.41, 5.74) is -0.458. The van der Waals surface area contributed by atoms with Crippen molar-refractivity contribution in [1.29, 1.82) is 0 Å². The molecule has 0 aromatic heterocycles. The van der Waals surface area contributed by atoms with E-state index in [1.807, 2.05) is 41.5 Å². The van der Waals surface area contributed by atoms with Gasteiger partial charge in [-0.1, -0.05) is 36.7 Å². The average Bonchev–Trinajstić information content (AvgIpc) is 3.26. The smallest absolute Gasteiger partial charge is 0.244 e. The van der Waals surface area contributed by atoms with Crippen molar-refractivity contribution in [2.75, 3.05) is 13.2 Å². The molecule has 7 nitrogen and oxygen atoms in total. The van der Waals surface area contributed by atoms with E-state index in [2.05, 4.69) is 26.6 Å². The summed E-state index contributed by atoms with van der Waals surface area (Å²) in [5.74, 6) is -1.25.